The van der Waals surface area contributed by atoms with E-state index in [4.69, 9.17) is 9.94 Å². The Morgan fingerprint density at radius 3 is 2.58 bits per heavy atom. The van der Waals surface area contributed by atoms with Crippen LogP contribution in [0.15, 0.2) is 5.16 Å². The van der Waals surface area contributed by atoms with Gasteiger partial charge in [0.25, 0.3) is 0 Å². The van der Waals surface area contributed by atoms with Crippen molar-refractivity contribution in [1.29, 1.82) is 0 Å². The molecule has 0 heterocycles. The first-order valence-corrected chi connectivity index (χ1v) is 3.72. The van der Waals surface area contributed by atoms with E-state index in [0.29, 0.717) is 18.6 Å². The lowest BCUT2D eigenvalue weighted by molar-refractivity contribution is -0.140. The maximum atomic E-state index is 9.63. The molecule has 1 atom stereocenters. The maximum absolute atomic E-state index is 9.63. The van der Waals surface area contributed by atoms with Crippen molar-refractivity contribution >= 4 is 18.1 Å². The van der Waals surface area contributed by atoms with E-state index in [-0.39, 0.29) is 12.4 Å². The first kappa shape index (κ1) is 11.7. The highest BCUT2D eigenvalue weighted by Crippen LogP contribution is 2.26. The summed E-state index contributed by atoms with van der Waals surface area (Å²) in [4.78, 5) is 0. The minimum atomic E-state index is -1.31. The van der Waals surface area contributed by atoms with E-state index in [2.05, 4.69) is 5.16 Å². The van der Waals surface area contributed by atoms with E-state index in [1.54, 1.807) is 0 Å². The van der Waals surface area contributed by atoms with Crippen molar-refractivity contribution in [3.05, 3.63) is 0 Å². The highest BCUT2D eigenvalue weighted by molar-refractivity contribution is 5.91. The predicted octanol–water partition coefficient (Wildman–Crippen LogP) is 1.15. The number of methoxy groups -OCH3 is 1. The molecule has 4 nitrogen and oxygen atoms in total. The molecule has 0 aromatic carbocycles. The molecule has 1 unspecified atom stereocenters. The van der Waals surface area contributed by atoms with Crippen LogP contribution in [-0.2, 0) is 4.74 Å². The molecule has 0 bridgehead atoms. The van der Waals surface area contributed by atoms with E-state index < -0.39 is 5.79 Å². The Labute approximate surface area is 77.6 Å². The number of hydrogen-bond donors (Lipinski definition) is 2. The molecule has 5 heteroatoms. The maximum Gasteiger partial charge on any atom is 0.208 e. The molecule has 1 rings (SSSR count). The average Bonchev–Trinajstić information content (AvgIpc) is 2.05. The molecule has 0 aromatic rings. The van der Waals surface area contributed by atoms with Crippen LogP contribution < -0.4 is 0 Å². The van der Waals surface area contributed by atoms with E-state index in [1.807, 2.05) is 0 Å². The van der Waals surface area contributed by atoms with Gasteiger partial charge in [0.1, 0.15) is 5.71 Å². The van der Waals surface area contributed by atoms with Crippen molar-refractivity contribution in [1.82, 2.24) is 0 Å². The van der Waals surface area contributed by atoms with E-state index in [9.17, 15) is 5.11 Å². The molecule has 1 fully saturated rings. The van der Waals surface area contributed by atoms with Crippen LogP contribution in [0, 0.1) is 0 Å². The van der Waals surface area contributed by atoms with Gasteiger partial charge in [0.15, 0.2) is 0 Å². The Morgan fingerprint density at radius 2 is 2.17 bits per heavy atom. The molecule has 1 aliphatic rings. The zero-order valence-electron chi connectivity index (χ0n) is 6.99. The van der Waals surface area contributed by atoms with Crippen LogP contribution in [0.5, 0.6) is 0 Å². The van der Waals surface area contributed by atoms with Crippen molar-refractivity contribution in [2.75, 3.05) is 7.11 Å². The summed E-state index contributed by atoms with van der Waals surface area (Å²) < 4.78 is 4.85. The quantitative estimate of drug-likeness (QED) is 0.375. The van der Waals surface area contributed by atoms with Gasteiger partial charge in [0.05, 0.1) is 0 Å². The third-order valence-corrected chi connectivity index (χ3v) is 2.09. The lowest BCUT2D eigenvalue weighted by atomic mass is 9.92. The third-order valence-electron chi connectivity index (χ3n) is 2.09. The van der Waals surface area contributed by atoms with Gasteiger partial charge < -0.3 is 15.1 Å². The molecule has 12 heavy (non-hydrogen) atoms. The van der Waals surface area contributed by atoms with E-state index >= 15 is 0 Å². The summed E-state index contributed by atoms with van der Waals surface area (Å²) in [6, 6.07) is 0. The summed E-state index contributed by atoms with van der Waals surface area (Å²) in [5.41, 5.74) is 0.339. The molecular weight excluding hydrogens is 182 g/mol. The van der Waals surface area contributed by atoms with E-state index in [0.717, 1.165) is 12.8 Å². The third kappa shape index (κ3) is 2.09. The number of halogens is 1. The molecule has 0 saturated heterocycles. The van der Waals surface area contributed by atoms with Crippen LogP contribution in [0.1, 0.15) is 25.7 Å². The zero-order valence-corrected chi connectivity index (χ0v) is 7.80. The van der Waals surface area contributed by atoms with Crippen LogP contribution in [0.4, 0.5) is 0 Å². The number of aliphatic hydroxyl groups is 1. The Balaban J connectivity index is 0.00000121. The molecule has 1 saturated carbocycles. The van der Waals surface area contributed by atoms with E-state index in [1.165, 1.54) is 7.11 Å². The number of nitrogens with zero attached hydrogens (tertiary/aromatic N) is 1. The first-order valence-electron chi connectivity index (χ1n) is 3.72. The smallest absolute Gasteiger partial charge is 0.208 e. The Morgan fingerprint density at radius 1 is 1.50 bits per heavy atom. The van der Waals surface area contributed by atoms with Crippen LogP contribution in [0.3, 0.4) is 0 Å². The standard InChI is InChI=1S/C7H13NO3.ClH/c1-11-7(9)5-3-2-4-6(7)8-10;/h9-10H,2-5H2,1H3;1H. The summed E-state index contributed by atoms with van der Waals surface area (Å²) in [5, 5.41) is 21.1. The minimum Gasteiger partial charge on any atom is -0.411 e. The lowest BCUT2D eigenvalue weighted by Gasteiger charge is -2.30. The summed E-state index contributed by atoms with van der Waals surface area (Å²) in [5.74, 6) is -1.31. The second-order valence-electron chi connectivity index (χ2n) is 2.74. The van der Waals surface area contributed by atoms with Gasteiger partial charge in [0.2, 0.25) is 5.79 Å². The summed E-state index contributed by atoms with van der Waals surface area (Å²) >= 11 is 0. The van der Waals surface area contributed by atoms with Crippen molar-refractivity contribution in [3.8, 4) is 0 Å². The molecule has 2 N–H and O–H groups in total. The van der Waals surface area contributed by atoms with Crippen LogP contribution >= 0.6 is 12.4 Å². The average molecular weight is 196 g/mol. The van der Waals surface area contributed by atoms with Crippen molar-refractivity contribution in [2.45, 2.75) is 31.5 Å². The SMILES string of the molecule is COC1(O)CCCCC1=NO.Cl. The molecule has 1 aliphatic carbocycles. The van der Waals surface area contributed by atoms with Gasteiger partial charge in [0, 0.05) is 13.5 Å². The highest BCUT2D eigenvalue weighted by atomic mass is 35.5. The van der Waals surface area contributed by atoms with Crippen molar-refractivity contribution in [3.63, 3.8) is 0 Å². The van der Waals surface area contributed by atoms with Gasteiger partial charge >= 0.3 is 0 Å². The lowest BCUT2D eigenvalue weighted by Crippen LogP contribution is -2.43. The van der Waals surface area contributed by atoms with Gasteiger partial charge in [-0.1, -0.05) is 5.16 Å². The molecule has 0 aliphatic heterocycles. The molecule has 0 aromatic heterocycles. The Bertz CT molecular complexity index is 174. The normalized spacial score (nSPS) is 33.0. The second-order valence-corrected chi connectivity index (χ2v) is 2.74. The highest BCUT2D eigenvalue weighted by Gasteiger charge is 2.36. The second kappa shape index (κ2) is 4.64. The zero-order chi connectivity index (χ0) is 8.32. The Hall–Kier alpha value is -0.320. The van der Waals surface area contributed by atoms with Crippen molar-refractivity contribution in [2.24, 2.45) is 5.16 Å². The predicted molar refractivity (Wildman–Crippen MR) is 46.9 cm³/mol. The number of rotatable bonds is 1. The van der Waals surface area contributed by atoms with Gasteiger partial charge in [-0.05, 0) is 19.3 Å². The fraction of sp³-hybridized carbons (Fsp3) is 0.857. The number of ether oxygens (including phenoxy) is 1. The number of oxime groups is 1. The van der Waals surface area contributed by atoms with Gasteiger partial charge in [-0.3, -0.25) is 0 Å². The monoisotopic (exact) mass is 195 g/mol. The summed E-state index contributed by atoms with van der Waals surface area (Å²) in [6.07, 6.45) is 2.98. The van der Waals surface area contributed by atoms with Crippen LogP contribution in [0.25, 0.3) is 0 Å². The first-order chi connectivity index (χ1) is 5.23. The van der Waals surface area contributed by atoms with Crippen LogP contribution in [0.2, 0.25) is 0 Å². The fourth-order valence-electron chi connectivity index (χ4n) is 1.34. The Kier molecular flexibility index (Phi) is 4.52. The summed E-state index contributed by atoms with van der Waals surface area (Å²) in [6.45, 7) is 0. The molecule has 0 radical (unpaired) electrons. The molecule has 72 valence electrons. The van der Waals surface area contributed by atoms with Gasteiger partial charge in [-0.15, -0.1) is 12.4 Å². The van der Waals surface area contributed by atoms with Crippen molar-refractivity contribution < 1.29 is 15.1 Å². The molecule has 0 amide bonds. The summed E-state index contributed by atoms with van der Waals surface area (Å²) in [7, 11) is 1.41. The largest absolute Gasteiger partial charge is 0.411 e. The topological polar surface area (TPSA) is 62.0 Å². The van der Waals surface area contributed by atoms with Crippen LogP contribution in [-0.4, -0.2) is 28.9 Å². The number of hydrogen-bond acceptors (Lipinski definition) is 4. The fourth-order valence-corrected chi connectivity index (χ4v) is 1.34. The minimum absolute atomic E-state index is 0. The van der Waals surface area contributed by atoms with Gasteiger partial charge in [-0.2, -0.15) is 0 Å². The molecular formula is C7H14ClNO3. The van der Waals surface area contributed by atoms with Gasteiger partial charge in [-0.25, -0.2) is 0 Å². The molecule has 0 spiro atoms.